The van der Waals surface area contributed by atoms with Gasteiger partial charge in [0.1, 0.15) is 5.69 Å². The van der Waals surface area contributed by atoms with Crippen molar-refractivity contribution >= 4 is 44.5 Å². The zero-order valence-corrected chi connectivity index (χ0v) is 19.2. The van der Waals surface area contributed by atoms with Gasteiger partial charge in [0.05, 0.1) is 23.4 Å². The molecule has 0 saturated heterocycles. The molecule has 0 aliphatic rings. The van der Waals surface area contributed by atoms with E-state index in [0.29, 0.717) is 16.5 Å². The van der Waals surface area contributed by atoms with Gasteiger partial charge in [-0.15, -0.1) is 0 Å². The molecular weight excluding hydrogens is 428 g/mol. The van der Waals surface area contributed by atoms with E-state index in [2.05, 4.69) is 24.5 Å². The van der Waals surface area contributed by atoms with Gasteiger partial charge < -0.3 is 9.47 Å². The van der Waals surface area contributed by atoms with Gasteiger partial charge in [0.25, 0.3) is 0 Å². The molecule has 0 aliphatic heterocycles. The van der Waals surface area contributed by atoms with Crippen LogP contribution in [0.3, 0.4) is 0 Å². The number of hydrazine groups is 1. The fraction of sp³-hybridized carbons (Fsp3) is 0.261. The zero-order chi connectivity index (χ0) is 22.8. The maximum absolute atomic E-state index is 13.0. The predicted molar refractivity (Wildman–Crippen MR) is 125 cm³/mol. The number of ether oxygens (including phenoxy) is 2. The van der Waals surface area contributed by atoms with E-state index in [9.17, 15) is 9.59 Å². The van der Waals surface area contributed by atoms with Crippen LogP contribution in [-0.2, 0) is 9.47 Å². The molecule has 1 N–H and O–H groups in total. The van der Waals surface area contributed by atoms with Gasteiger partial charge in [-0.05, 0) is 51.0 Å². The summed E-state index contributed by atoms with van der Waals surface area (Å²) in [5, 5.41) is 1.07. The van der Waals surface area contributed by atoms with Crippen LogP contribution >= 0.6 is 11.3 Å². The van der Waals surface area contributed by atoms with Gasteiger partial charge in [0.15, 0.2) is 10.8 Å². The second-order valence-electron chi connectivity index (χ2n) is 7.14. The van der Waals surface area contributed by atoms with Crippen molar-refractivity contribution < 1.29 is 19.1 Å². The van der Waals surface area contributed by atoms with Crippen molar-refractivity contribution in [2.45, 2.75) is 27.7 Å². The van der Waals surface area contributed by atoms with E-state index in [1.165, 1.54) is 16.9 Å². The SMILES string of the molecule is CCOC(=O)NN(C(=O)OCC)c1c(-c2ccccc2)nc2sc3cc(C)c(C)cc3n12. The van der Waals surface area contributed by atoms with Crippen LogP contribution < -0.4 is 10.4 Å². The van der Waals surface area contributed by atoms with Crippen LogP contribution in [0.4, 0.5) is 15.4 Å². The van der Waals surface area contributed by atoms with Gasteiger partial charge in [-0.25, -0.2) is 20.0 Å². The topological polar surface area (TPSA) is 85.2 Å². The molecule has 2 aromatic carbocycles. The minimum atomic E-state index is -0.763. The van der Waals surface area contributed by atoms with Gasteiger partial charge in [-0.1, -0.05) is 41.7 Å². The third kappa shape index (κ3) is 3.87. The Balaban J connectivity index is 2.02. The Kier molecular flexibility index (Phi) is 6.00. The summed E-state index contributed by atoms with van der Waals surface area (Å²) < 4.78 is 13.2. The first kappa shape index (κ1) is 21.6. The van der Waals surface area contributed by atoms with E-state index in [4.69, 9.17) is 14.5 Å². The second kappa shape index (κ2) is 8.88. The number of anilines is 1. The highest BCUT2D eigenvalue weighted by Gasteiger charge is 2.30. The van der Waals surface area contributed by atoms with Crippen LogP contribution in [0.5, 0.6) is 0 Å². The Morgan fingerprint density at radius 2 is 1.75 bits per heavy atom. The van der Waals surface area contributed by atoms with E-state index in [1.807, 2.05) is 41.7 Å². The Morgan fingerprint density at radius 3 is 2.44 bits per heavy atom. The van der Waals surface area contributed by atoms with Crippen LogP contribution in [0.2, 0.25) is 0 Å². The lowest BCUT2D eigenvalue weighted by Crippen LogP contribution is -2.47. The summed E-state index contributed by atoms with van der Waals surface area (Å²) in [5.74, 6) is 0.382. The molecule has 2 aromatic heterocycles. The van der Waals surface area contributed by atoms with E-state index >= 15 is 0 Å². The first-order valence-corrected chi connectivity index (χ1v) is 11.1. The highest BCUT2D eigenvalue weighted by molar-refractivity contribution is 7.23. The first-order chi connectivity index (χ1) is 15.4. The van der Waals surface area contributed by atoms with Gasteiger partial charge in [0, 0.05) is 5.56 Å². The lowest BCUT2D eigenvalue weighted by molar-refractivity contribution is 0.138. The molecule has 4 rings (SSSR count). The fourth-order valence-electron chi connectivity index (χ4n) is 3.43. The smallest absolute Gasteiger partial charge is 0.435 e. The minimum Gasteiger partial charge on any atom is -0.449 e. The Bertz CT molecular complexity index is 1300. The number of aromatic nitrogens is 2. The molecule has 0 radical (unpaired) electrons. The molecule has 0 atom stereocenters. The van der Waals surface area contributed by atoms with E-state index in [0.717, 1.165) is 26.4 Å². The van der Waals surface area contributed by atoms with Crippen molar-refractivity contribution in [1.29, 1.82) is 0 Å². The molecule has 166 valence electrons. The molecule has 2 amide bonds. The van der Waals surface area contributed by atoms with E-state index < -0.39 is 12.2 Å². The highest BCUT2D eigenvalue weighted by Crippen LogP contribution is 2.38. The molecule has 2 heterocycles. The summed E-state index contributed by atoms with van der Waals surface area (Å²) in [6, 6.07) is 13.7. The minimum absolute atomic E-state index is 0.144. The van der Waals surface area contributed by atoms with Gasteiger partial charge >= 0.3 is 12.2 Å². The monoisotopic (exact) mass is 452 g/mol. The second-order valence-corrected chi connectivity index (χ2v) is 8.15. The summed E-state index contributed by atoms with van der Waals surface area (Å²) in [4.78, 5) is 30.8. The number of benzene rings is 2. The fourth-order valence-corrected chi connectivity index (χ4v) is 4.53. The number of carbonyl (C=O) groups is 2. The molecule has 0 fully saturated rings. The van der Waals surface area contributed by atoms with Crippen molar-refractivity contribution in [2.24, 2.45) is 0 Å². The number of hydrogen-bond donors (Lipinski definition) is 1. The maximum atomic E-state index is 13.0. The molecule has 8 nitrogen and oxygen atoms in total. The lowest BCUT2D eigenvalue weighted by Gasteiger charge is -2.22. The molecule has 0 saturated carbocycles. The molecule has 0 unspecified atom stereocenters. The standard InChI is InChI=1S/C23H24N4O4S/c1-5-30-22(28)25-27(23(29)31-6-2)20-19(16-10-8-7-9-11-16)24-21-26(20)17-12-14(3)15(4)13-18(17)32-21/h7-13H,5-6H2,1-4H3,(H,25,28). The summed E-state index contributed by atoms with van der Waals surface area (Å²) >= 11 is 1.51. The van der Waals surface area contributed by atoms with Crippen molar-refractivity contribution in [3.8, 4) is 11.3 Å². The summed E-state index contributed by atoms with van der Waals surface area (Å²) in [7, 11) is 0. The number of thiazole rings is 1. The Labute approximate surface area is 189 Å². The number of rotatable bonds is 4. The molecule has 4 aromatic rings. The average molecular weight is 453 g/mol. The maximum Gasteiger partial charge on any atom is 0.435 e. The third-order valence-electron chi connectivity index (χ3n) is 5.03. The average Bonchev–Trinajstić information content (AvgIpc) is 3.29. The number of nitrogens with zero attached hydrogens (tertiary/aromatic N) is 3. The number of nitrogens with one attached hydrogen (secondary N) is 1. The van der Waals surface area contributed by atoms with Crippen molar-refractivity contribution in [2.75, 3.05) is 18.2 Å². The van der Waals surface area contributed by atoms with Gasteiger partial charge in [0.2, 0.25) is 0 Å². The number of aryl methyl sites for hydroxylation is 2. The van der Waals surface area contributed by atoms with Gasteiger partial charge in [-0.3, -0.25) is 4.40 Å². The van der Waals surface area contributed by atoms with Gasteiger partial charge in [-0.2, -0.15) is 5.01 Å². The number of fused-ring (bicyclic) bond motifs is 3. The van der Waals surface area contributed by atoms with Crippen LogP contribution in [0.25, 0.3) is 26.4 Å². The molecule has 9 heteroatoms. The zero-order valence-electron chi connectivity index (χ0n) is 18.3. The van der Waals surface area contributed by atoms with Crippen molar-refractivity contribution in [3.63, 3.8) is 0 Å². The number of imidazole rings is 1. The molecule has 0 aliphatic carbocycles. The van der Waals surface area contributed by atoms with Crippen molar-refractivity contribution in [3.05, 3.63) is 53.6 Å². The summed E-state index contributed by atoms with van der Waals surface area (Å²) in [6.45, 7) is 7.80. The molecular formula is C23H24N4O4S. The number of carbonyl (C=O) groups excluding carboxylic acids is 2. The first-order valence-electron chi connectivity index (χ1n) is 10.3. The van der Waals surface area contributed by atoms with Crippen LogP contribution in [0.1, 0.15) is 25.0 Å². The number of amides is 2. The molecule has 32 heavy (non-hydrogen) atoms. The predicted octanol–water partition coefficient (Wildman–Crippen LogP) is 5.46. The molecule has 0 spiro atoms. The Morgan fingerprint density at radius 1 is 1.06 bits per heavy atom. The normalized spacial score (nSPS) is 11.0. The summed E-state index contributed by atoms with van der Waals surface area (Å²) in [6.07, 6.45) is -1.50. The third-order valence-corrected chi connectivity index (χ3v) is 6.03. The van der Waals surface area contributed by atoms with Crippen LogP contribution in [0.15, 0.2) is 42.5 Å². The van der Waals surface area contributed by atoms with Crippen molar-refractivity contribution in [1.82, 2.24) is 14.8 Å². The summed E-state index contributed by atoms with van der Waals surface area (Å²) in [5.41, 5.74) is 7.04. The Hall–Kier alpha value is -3.59. The van der Waals surface area contributed by atoms with Crippen LogP contribution in [-0.4, -0.2) is 34.8 Å². The highest BCUT2D eigenvalue weighted by atomic mass is 32.1. The van der Waals surface area contributed by atoms with E-state index in [1.54, 1.807) is 13.8 Å². The largest absolute Gasteiger partial charge is 0.449 e. The van der Waals surface area contributed by atoms with E-state index in [-0.39, 0.29) is 13.2 Å². The quantitative estimate of drug-likeness (QED) is 0.416. The molecule has 0 bridgehead atoms. The number of hydrogen-bond acceptors (Lipinski definition) is 6. The lowest BCUT2D eigenvalue weighted by atomic mass is 10.1. The van der Waals surface area contributed by atoms with Crippen LogP contribution in [0, 0.1) is 13.8 Å².